The Balaban J connectivity index is 0.00000118. The molecule has 2 rings (SSSR count). The van der Waals surface area contributed by atoms with Crippen molar-refractivity contribution in [1.82, 2.24) is 0 Å². The second kappa shape index (κ2) is 15.8. The summed E-state index contributed by atoms with van der Waals surface area (Å²) in [5.41, 5.74) is 6.99. The molecule has 0 radical (unpaired) electrons. The van der Waals surface area contributed by atoms with E-state index in [2.05, 4.69) is 32.7 Å². The summed E-state index contributed by atoms with van der Waals surface area (Å²) in [6, 6.07) is 14.9. The molecule has 2 aromatic rings. The number of carboxylic acid groups (broad SMARTS) is 2. The number of aryl methyl sites for hydroxylation is 1. The third-order valence-electron chi connectivity index (χ3n) is 4.33. The van der Waals surface area contributed by atoms with Gasteiger partial charge in [-0.1, -0.05) is 50.2 Å². The Morgan fingerprint density at radius 2 is 1.35 bits per heavy atom. The van der Waals surface area contributed by atoms with Crippen molar-refractivity contribution >= 4 is 23.6 Å². The summed E-state index contributed by atoms with van der Waals surface area (Å²) in [5, 5.41) is 16.2. The van der Waals surface area contributed by atoms with Gasteiger partial charge in [0.25, 0.3) is 0 Å². The summed E-state index contributed by atoms with van der Waals surface area (Å²) in [5.74, 6) is -2.62. The molecule has 0 saturated heterocycles. The molecule has 184 valence electrons. The number of hydrogen-bond donors (Lipinski definition) is 3. The lowest BCUT2D eigenvalue weighted by Crippen LogP contribution is -2.23. The van der Waals surface area contributed by atoms with Gasteiger partial charge in [0.15, 0.2) is 6.10 Å². The van der Waals surface area contributed by atoms with Gasteiger partial charge in [-0.3, -0.25) is 14.4 Å². The average Bonchev–Trinajstić information content (AvgIpc) is 2.80. The molecule has 8 heteroatoms. The lowest BCUT2D eigenvalue weighted by atomic mass is 9.99. The van der Waals surface area contributed by atoms with E-state index in [9.17, 15) is 19.2 Å². The smallest absolute Gasteiger partial charge is 0.394 e. The Kier molecular flexibility index (Phi) is 14.0. The van der Waals surface area contributed by atoms with Crippen LogP contribution >= 0.6 is 0 Å². The van der Waals surface area contributed by atoms with E-state index in [4.69, 9.17) is 14.9 Å². The summed E-state index contributed by atoms with van der Waals surface area (Å²) < 4.78 is 5.74. The number of carbonyl (C=O) groups is 4. The molecule has 0 bridgehead atoms. The van der Waals surface area contributed by atoms with E-state index < -0.39 is 23.9 Å². The van der Waals surface area contributed by atoms with E-state index in [1.165, 1.54) is 5.56 Å². The number of Topliss-reactive ketones (excluding diaryl/α,β-unsaturated/α-hetero) is 1. The number of ether oxygens (including phenoxy) is 1. The first-order valence-corrected chi connectivity index (χ1v) is 10.6. The number of benzene rings is 2. The number of aliphatic carboxylic acids is 2. The number of ketones is 1. The first kappa shape index (κ1) is 30.1. The Bertz CT molecular complexity index is 923. The first-order chi connectivity index (χ1) is 16.0. The van der Waals surface area contributed by atoms with Crippen LogP contribution < -0.4 is 10.5 Å². The van der Waals surface area contributed by atoms with E-state index in [1.807, 2.05) is 36.4 Å². The number of nitrogens with two attached hydrogens (primary N) is 1. The van der Waals surface area contributed by atoms with Crippen molar-refractivity contribution in [2.45, 2.75) is 46.1 Å². The van der Waals surface area contributed by atoms with Crippen molar-refractivity contribution in [3.05, 3.63) is 78.4 Å². The van der Waals surface area contributed by atoms with Gasteiger partial charge >= 0.3 is 17.8 Å². The van der Waals surface area contributed by atoms with Crippen molar-refractivity contribution < 1.29 is 34.1 Å². The molecule has 2 aromatic carbocycles. The van der Waals surface area contributed by atoms with Crippen molar-refractivity contribution in [1.29, 1.82) is 0 Å². The van der Waals surface area contributed by atoms with Crippen molar-refractivity contribution in [3.8, 4) is 5.75 Å². The van der Waals surface area contributed by atoms with Gasteiger partial charge in [-0.25, -0.2) is 4.79 Å². The maximum absolute atomic E-state index is 12.5. The summed E-state index contributed by atoms with van der Waals surface area (Å²) >= 11 is 0. The second-order valence-electron chi connectivity index (χ2n) is 7.63. The molecule has 1 atom stereocenters. The normalized spacial score (nSPS) is 10.6. The highest BCUT2D eigenvalue weighted by Crippen LogP contribution is 2.17. The molecule has 1 unspecified atom stereocenters. The Labute approximate surface area is 200 Å². The van der Waals surface area contributed by atoms with Gasteiger partial charge in [-0.15, -0.1) is 13.2 Å². The number of carbonyl (C=O) groups excluding carboxylic acids is 2. The van der Waals surface area contributed by atoms with Gasteiger partial charge in [-0.2, -0.15) is 0 Å². The summed E-state index contributed by atoms with van der Waals surface area (Å²) in [6.45, 7) is 12.1. The Morgan fingerprint density at radius 1 is 0.882 bits per heavy atom. The van der Waals surface area contributed by atoms with Crippen LogP contribution in [0.15, 0.2) is 61.7 Å². The minimum atomic E-state index is -1.60. The van der Waals surface area contributed by atoms with Crippen LogP contribution in [0.3, 0.4) is 0 Å². The molecular formula is C26H33NO7. The van der Waals surface area contributed by atoms with Crippen LogP contribution in [0.4, 0.5) is 0 Å². The second-order valence-corrected chi connectivity index (χ2v) is 7.63. The van der Waals surface area contributed by atoms with Crippen molar-refractivity contribution in [3.63, 3.8) is 0 Å². The predicted octanol–water partition coefficient (Wildman–Crippen LogP) is 3.91. The standard InChI is InChI=1S/C22H26O4.C2H3NO3.C2H4/c1-15(2)14-18-4-9-19(10-5-18)22(25)16(3)26-20-11-6-17(7-12-20)8-13-21(23)24;3-1(4)2(5)6;1-2/h4-7,9-12,15-16H,8,13-14H2,1-3H3,(H,23,24);(H2,3,4)(H,5,6);1-2H2. The molecule has 1 amide bonds. The summed E-state index contributed by atoms with van der Waals surface area (Å²) in [7, 11) is 0. The van der Waals surface area contributed by atoms with Crippen molar-refractivity contribution in [2.75, 3.05) is 0 Å². The minimum Gasteiger partial charge on any atom is -0.483 e. The van der Waals surface area contributed by atoms with Crippen LogP contribution in [0.25, 0.3) is 0 Å². The molecule has 4 N–H and O–H groups in total. The van der Waals surface area contributed by atoms with Crippen LogP contribution in [-0.4, -0.2) is 39.9 Å². The summed E-state index contributed by atoms with van der Waals surface area (Å²) in [4.78, 5) is 41.7. The zero-order valence-corrected chi connectivity index (χ0v) is 19.8. The van der Waals surface area contributed by atoms with Crippen LogP contribution in [0.5, 0.6) is 5.75 Å². The number of amides is 1. The molecule has 8 nitrogen and oxygen atoms in total. The fourth-order valence-corrected chi connectivity index (χ4v) is 2.75. The number of hydrogen-bond acceptors (Lipinski definition) is 5. The quantitative estimate of drug-likeness (QED) is 0.286. The maximum atomic E-state index is 12.5. The predicted molar refractivity (Wildman–Crippen MR) is 130 cm³/mol. The zero-order chi connectivity index (χ0) is 26.3. The highest BCUT2D eigenvalue weighted by Gasteiger charge is 2.17. The van der Waals surface area contributed by atoms with Gasteiger partial charge in [0.05, 0.1) is 0 Å². The Morgan fingerprint density at radius 3 is 1.76 bits per heavy atom. The highest BCUT2D eigenvalue weighted by atomic mass is 16.5. The fourth-order valence-electron chi connectivity index (χ4n) is 2.75. The molecule has 34 heavy (non-hydrogen) atoms. The highest BCUT2D eigenvalue weighted by molar-refractivity contribution is 6.30. The number of carboxylic acids is 2. The topological polar surface area (TPSA) is 144 Å². The van der Waals surface area contributed by atoms with E-state index in [0.29, 0.717) is 23.7 Å². The lowest BCUT2D eigenvalue weighted by Gasteiger charge is -2.14. The van der Waals surface area contributed by atoms with E-state index in [1.54, 1.807) is 19.1 Å². The first-order valence-electron chi connectivity index (χ1n) is 10.6. The minimum absolute atomic E-state index is 0.0592. The van der Waals surface area contributed by atoms with Crippen LogP contribution in [-0.2, 0) is 27.2 Å². The molecule has 0 aliphatic rings. The average molecular weight is 472 g/mol. The van der Waals surface area contributed by atoms with E-state index in [-0.39, 0.29) is 12.2 Å². The van der Waals surface area contributed by atoms with Crippen LogP contribution in [0, 0.1) is 5.92 Å². The van der Waals surface area contributed by atoms with Gasteiger partial charge < -0.3 is 20.7 Å². The fraction of sp³-hybridized carbons (Fsp3) is 0.308. The number of primary amides is 1. The van der Waals surface area contributed by atoms with Crippen LogP contribution in [0.1, 0.15) is 48.7 Å². The van der Waals surface area contributed by atoms with Gasteiger partial charge in [0, 0.05) is 12.0 Å². The van der Waals surface area contributed by atoms with Gasteiger partial charge in [0.2, 0.25) is 5.78 Å². The Hall–Kier alpha value is -3.94. The molecule has 0 aliphatic heterocycles. The molecule has 0 fully saturated rings. The SMILES string of the molecule is C=C.CC(C)Cc1ccc(C(=O)C(C)Oc2ccc(CCC(=O)O)cc2)cc1.NC(=O)C(=O)O. The molecule has 0 heterocycles. The van der Waals surface area contributed by atoms with E-state index in [0.717, 1.165) is 12.0 Å². The third kappa shape index (κ3) is 12.2. The van der Waals surface area contributed by atoms with Crippen molar-refractivity contribution in [2.24, 2.45) is 11.7 Å². The zero-order valence-electron chi connectivity index (χ0n) is 19.8. The monoisotopic (exact) mass is 471 g/mol. The molecule has 0 saturated carbocycles. The van der Waals surface area contributed by atoms with Crippen LogP contribution in [0.2, 0.25) is 0 Å². The summed E-state index contributed by atoms with van der Waals surface area (Å²) in [6.07, 6.45) is 0.986. The molecule has 0 aliphatic carbocycles. The van der Waals surface area contributed by atoms with Gasteiger partial charge in [-0.05, 0) is 48.9 Å². The molecule has 0 aromatic heterocycles. The molecule has 0 spiro atoms. The lowest BCUT2D eigenvalue weighted by molar-refractivity contribution is -0.148. The maximum Gasteiger partial charge on any atom is 0.394 e. The largest absolute Gasteiger partial charge is 0.483 e. The van der Waals surface area contributed by atoms with E-state index >= 15 is 0 Å². The number of rotatable bonds is 9. The molecular weight excluding hydrogens is 438 g/mol. The van der Waals surface area contributed by atoms with Gasteiger partial charge in [0.1, 0.15) is 5.75 Å². The third-order valence-corrected chi connectivity index (χ3v) is 4.33.